The Morgan fingerprint density at radius 1 is 0.471 bits per heavy atom. The van der Waals surface area contributed by atoms with E-state index in [1.165, 1.54) is 0 Å². The number of nitrogens with one attached hydrogen (secondary N) is 8. The van der Waals surface area contributed by atoms with E-state index in [2.05, 4.69) is 51.9 Å². The van der Waals surface area contributed by atoms with Gasteiger partial charge in [-0.25, -0.2) is 29.1 Å². The Balaban J connectivity index is 1.17. The fraction of sp³-hybridized carbons (Fsp3) is 0.417. The molecule has 22 nitrogen and oxygen atoms in total. The highest BCUT2D eigenvalue weighted by atomic mass is 16.6. The van der Waals surface area contributed by atoms with Crippen molar-refractivity contribution >= 4 is 81.5 Å². The first kappa shape index (κ1) is 52.9. The standard InChI is InChI=1S/C48H62N12O10/c1-45(2,3)67-41(63)57-39(58-42(64)68-46(4,5)6)49-23-21-35(61)51-29-17-19-31-33(25-29)55-37(53-31)27-13-15-28(16-14-27)38-54-32-20-18-30(26-34(32)56-38)52-36(62)22-24-50-40(59-43(65)69-47(7,8)9)60-44(66)70-48(10,11)12/h13-20,25-26H,21-24H2,1-12H3,(H,51,61)(H,52,62)(H,53,55)(H,54,56)(H2,49,57,58,63,64)(H2,50,59,60,65,66). The van der Waals surface area contributed by atoms with Crippen molar-refractivity contribution in [2.75, 3.05) is 23.7 Å². The van der Waals surface area contributed by atoms with E-state index in [-0.39, 0.29) is 49.7 Å². The molecule has 5 rings (SSSR count). The second-order valence-electron chi connectivity index (χ2n) is 19.8. The van der Waals surface area contributed by atoms with Gasteiger partial charge in [0.25, 0.3) is 0 Å². The van der Waals surface area contributed by atoms with Crippen molar-refractivity contribution in [1.82, 2.24) is 41.2 Å². The minimum atomic E-state index is -0.842. The third kappa shape index (κ3) is 17.9. The van der Waals surface area contributed by atoms with Crippen molar-refractivity contribution in [3.05, 3.63) is 60.7 Å². The molecule has 0 atom stereocenters. The van der Waals surface area contributed by atoms with Crippen LogP contribution in [0.4, 0.5) is 30.6 Å². The zero-order valence-corrected chi connectivity index (χ0v) is 41.5. The first-order valence-corrected chi connectivity index (χ1v) is 22.3. The number of hydrogen-bond acceptors (Lipinski definition) is 14. The zero-order valence-electron chi connectivity index (χ0n) is 41.5. The Hall–Kier alpha value is -8.04. The van der Waals surface area contributed by atoms with Gasteiger partial charge in [-0.2, -0.15) is 0 Å². The van der Waals surface area contributed by atoms with Gasteiger partial charge in [-0.05, 0) is 119 Å². The van der Waals surface area contributed by atoms with Gasteiger partial charge in [0.15, 0.2) is 0 Å². The van der Waals surface area contributed by atoms with Crippen LogP contribution in [0, 0.1) is 0 Å². The lowest BCUT2D eigenvalue weighted by atomic mass is 10.1. The Morgan fingerprint density at radius 3 is 1.06 bits per heavy atom. The van der Waals surface area contributed by atoms with Gasteiger partial charge in [0, 0.05) is 35.3 Å². The van der Waals surface area contributed by atoms with Gasteiger partial charge < -0.3 is 39.5 Å². The lowest BCUT2D eigenvalue weighted by Crippen LogP contribution is -2.47. The number of aliphatic imine (C=N–C) groups is 2. The summed E-state index contributed by atoms with van der Waals surface area (Å²) in [6, 6.07) is 18.1. The molecule has 0 radical (unpaired) electrons. The number of hydrogen-bond donors (Lipinski definition) is 8. The number of aromatic amines is 2. The van der Waals surface area contributed by atoms with E-state index in [0.29, 0.717) is 45.1 Å². The number of benzene rings is 3. The number of carbonyl (C=O) groups excluding carboxylic acids is 6. The number of aromatic nitrogens is 4. The van der Waals surface area contributed by atoms with Crippen LogP contribution in [0.3, 0.4) is 0 Å². The molecule has 2 aromatic heterocycles. The quantitative estimate of drug-likeness (QED) is 0.0373. The predicted molar refractivity (Wildman–Crippen MR) is 265 cm³/mol. The number of amides is 6. The van der Waals surface area contributed by atoms with Crippen molar-refractivity contribution in [3.63, 3.8) is 0 Å². The average molecular weight is 967 g/mol. The SMILES string of the molecule is CC(C)(C)OC(=O)NC(=NCCC(=O)Nc1ccc2nc(-c3ccc(-c4nc5ccc(NC(=O)CCN=C(NC(=O)OC(C)(C)C)NC(=O)OC(C)(C)C)cc5[nH]4)cc3)[nH]c2c1)NC(=O)OC(C)(C)C. The zero-order chi connectivity index (χ0) is 51.6. The highest BCUT2D eigenvalue weighted by molar-refractivity contribution is 6.02. The summed E-state index contributed by atoms with van der Waals surface area (Å²) < 4.78 is 21.0. The van der Waals surface area contributed by atoms with Crippen molar-refractivity contribution in [2.45, 2.75) is 118 Å². The van der Waals surface area contributed by atoms with Gasteiger partial charge in [-0.3, -0.25) is 40.8 Å². The van der Waals surface area contributed by atoms with Crippen LogP contribution in [0.15, 0.2) is 70.6 Å². The van der Waals surface area contributed by atoms with Crippen molar-refractivity contribution in [3.8, 4) is 22.8 Å². The van der Waals surface area contributed by atoms with Gasteiger partial charge in [-0.1, -0.05) is 24.3 Å². The maximum absolute atomic E-state index is 12.9. The monoisotopic (exact) mass is 966 g/mol. The number of rotatable bonds is 10. The number of H-pyrrole nitrogens is 2. The third-order valence-electron chi connectivity index (χ3n) is 8.66. The summed E-state index contributed by atoms with van der Waals surface area (Å²) in [7, 11) is 0. The van der Waals surface area contributed by atoms with Crippen LogP contribution in [0.2, 0.25) is 0 Å². The molecule has 0 saturated carbocycles. The van der Waals surface area contributed by atoms with E-state index >= 15 is 0 Å². The number of guanidine groups is 2. The molecule has 0 fully saturated rings. The molecular formula is C48H62N12O10. The van der Waals surface area contributed by atoms with E-state index in [9.17, 15) is 28.8 Å². The van der Waals surface area contributed by atoms with E-state index in [1.54, 1.807) is 119 Å². The molecule has 0 spiro atoms. The molecule has 2 heterocycles. The maximum atomic E-state index is 12.9. The summed E-state index contributed by atoms with van der Waals surface area (Å²) in [5, 5.41) is 15.2. The fourth-order valence-electron chi connectivity index (χ4n) is 6.04. The summed E-state index contributed by atoms with van der Waals surface area (Å²) in [4.78, 5) is 99.8. The summed E-state index contributed by atoms with van der Waals surface area (Å²) in [6.07, 6.45) is -3.52. The van der Waals surface area contributed by atoms with Crippen molar-refractivity contribution in [1.29, 1.82) is 0 Å². The molecule has 70 heavy (non-hydrogen) atoms. The van der Waals surface area contributed by atoms with Crippen LogP contribution in [0.1, 0.15) is 95.9 Å². The van der Waals surface area contributed by atoms with E-state index in [0.717, 1.165) is 11.1 Å². The number of alkyl carbamates (subject to hydrolysis) is 4. The van der Waals surface area contributed by atoms with Crippen molar-refractivity contribution < 1.29 is 47.7 Å². The first-order valence-electron chi connectivity index (χ1n) is 22.3. The Morgan fingerprint density at radius 2 is 0.771 bits per heavy atom. The van der Waals surface area contributed by atoms with E-state index in [4.69, 9.17) is 28.9 Å². The van der Waals surface area contributed by atoms with Gasteiger partial charge in [-0.15, -0.1) is 0 Å². The highest BCUT2D eigenvalue weighted by Gasteiger charge is 2.23. The number of fused-ring (bicyclic) bond motifs is 2. The van der Waals surface area contributed by atoms with Gasteiger partial charge >= 0.3 is 24.4 Å². The average Bonchev–Trinajstić information content (AvgIpc) is 3.82. The lowest BCUT2D eigenvalue weighted by molar-refractivity contribution is -0.116. The number of nitrogens with zero attached hydrogens (tertiary/aromatic N) is 4. The Labute approximate surface area is 404 Å². The number of carbonyl (C=O) groups is 6. The molecule has 0 bridgehead atoms. The van der Waals surface area contributed by atoms with E-state index in [1.807, 2.05) is 24.3 Å². The molecule has 0 aliphatic carbocycles. The van der Waals surface area contributed by atoms with Crippen LogP contribution in [0.25, 0.3) is 44.8 Å². The molecular weight excluding hydrogens is 905 g/mol. The Bertz CT molecular complexity index is 2530. The molecule has 0 unspecified atom stereocenters. The van der Waals surface area contributed by atoms with Crippen LogP contribution in [-0.4, -0.2) is 104 Å². The normalized spacial score (nSPS) is 11.7. The van der Waals surface area contributed by atoms with Crippen molar-refractivity contribution in [2.24, 2.45) is 9.98 Å². The van der Waals surface area contributed by atoms with Gasteiger partial charge in [0.05, 0.1) is 35.2 Å². The molecule has 5 aromatic rings. The number of anilines is 2. The second-order valence-corrected chi connectivity index (χ2v) is 19.8. The van der Waals surface area contributed by atoms with Crippen LogP contribution in [-0.2, 0) is 28.5 Å². The van der Waals surface area contributed by atoms with Crippen LogP contribution in [0.5, 0.6) is 0 Å². The smallest absolute Gasteiger partial charge is 0.414 e. The molecule has 0 aliphatic rings. The third-order valence-corrected chi connectivity index (χ3v) is 8.66. The highest BCUT2D eigenvalue weighted by Crippen LogP contribution is 2.27. The topological polar surface area (TPSA) is 294 Å². The molecule has 0 aliphatic heterocycles. The van der Waals surface area contributed by atoms with E-state index < -0.39 is 46.8 Å². The molecule has 3 aromatic carbocycles. The fourth-order valence-corrected chi connectivity index (χ4v) is 6.04. The van der Waals surface area contributed by atoms with Gasteiger partial charge in [0.1, 0.15) is 34.1 Å². The molecule has 22 heteroatoms. The summed E-state index contributed by atoms with van der Waals surface area (Å²) in [6.45, 7) is 20.1. The van der Waals surface area contributed by atoms with Crippen LogP contribution < -0.4 is 31.9 Å². The molecule has 6 amide bonds. The first-order chi connectivity index (χ1) is 32.5. The molecule has 8 N–H and O–H groups in total. The largest absolute Gasteiger partial charge is 0.444 e. The number of ether oxygens (including phenoxy) is 4. The molecule has 374 valence electrons. The predicted octanol–water partition coefficient (Wildman–Crippen LogP) is 8.24. The Kier molecular flexibility index (Phi) is 16.6. The number of imidazole rings is 2. The lowest BCUT2D eigenvalue weighted by Gasteiger charge is -2.22. The molecule has 0 saturated heterocycles. The minimum Gasteiger partial charge on any atom is -0.444 e. The maximum Gasteiger partial charge on any atom is 0.414 e. The summed E-state index contributed by atoms with van der Waals surface area (Å²) in [5.74, 6) is 0.0241. The van der Waals surface area contributed by atoms with Crippen LogP contribution >= 0.6 is 0 Å². The van der Waals surface area contributed by atoms with Gasteiger partial charge in [0.2, 0.25) is 23.7 Å². The second kappa shape index (κ2) is 21.9. The summed E-state index contributed by atoms with van der Waals surface area (Å²) >= 11 is 0. The minimum absolute atomic E-state index is 0.0773. The summed E-state index contributed by atoms with van der Waals surface area (Å²) in [5.41, 5.74) is 2.16.